The SMILES string of the molecule is Cl.Cl.[C-]1=CC=CC1.[Hf].c1ccc2c(c1)cc[c-]2-n1cccc1. The molecule has 114 valence electrons. The molecule has 0 saturated heterocycles. The maximum atomic E-state index is 2.99. The summed E-state index contributed by atoms with van der Waals surface area (Å²) in [5.41, 5.74) is 1.26. The minimum absolute atomic E-state index is 0. The molecule has 22 heavy (non-hydrogen) atoms. The molecule has 0 spiro atoms. The molecule has 4 heteroatoms. The summed E-state index contributed by atoms with van der Waals surface area (Å²) in [7, 11) is 0. The summed E-state index contributed by atoms with van der Waals surface area (Å²) < 4.78 is 2.14. The summed E-state index contributed by atoms with van der Waals surface area (Å²) in [4.78, 5) is 0. The van der Waals surface area contributed by atoms with E-state index in [1.54, 1.807) is 0 Å². The van der Waals surface area contributed by atoms with Gasteiger partial charge < -0.3 is 4.57 Å². The summed E-state index contributed by atoms with van der Waals surface area (Å²) in [6.45, 7) is 0. The molecule has 2 aromatic carbocycles. The minimum Gasteiger partial charge on any atom is -0.403 e. The zero-order chi connectivity index (χ0) is 12.9. The predicted octanol–water partition coefficient (Wildman–Crippen LogP) is 5.50. The summed E-state index contributed by atoms with van der Waals surface area (Å²) >= 11 is 0. The fraction of sp³-hybridized carbons (Fsp3) is 0.0556. The fourth-order valence-corrected chi connectivity index (χ4v) is 2.19. The van der Waals surface area contributed by atoms with Crippen LogP contribution in [0.1, 0.15) is 6.42 Å². The molecule has 0 aliphatic heterocycles. The first-order valence-electron chi connectivity index (χ1n) is 6.45. The van der Waals surface area contributed by atoms with Crippen LogP contribution < -0.4 is 0 Å². The van der Waals surface area contributed by atoms with Crippen LogP contribution in [0.15, 0.2) is 79.2 Å². The van der Waals surface area contributed by atoms with Crippen LogP contribution in [-0.4, -0.2) is 4.57 Å². The molecular formula is C18H17Cl2HfN-2. The third kappa shape index (κ3) is 5.05. The molecule has 0 radical (unpaired) electrons. The molecular weight excluding hydrogens is 480 g/mol. The molecule has 0 amide bonds. The van der Waals surface area contributed by atoms with Crippen molar-refractivity contribution in [1.29, 1.82) is 0 Å². The van der Waals surface area contributed by atoms with Crippen LogP contribution in [-0.2, 0) is 25.8 Å². The van der Waals surface area contributed by atoms with Gasteiger partial charge in [-0.25, -0.2) is 12.2 Å². The maximum absolute atomic E-state index is 2.99. The van der Waals surface area contributed by atoms with E-state index >= 15 is 0 Å². The van der Waals surface area contributed by atoms with Crippen LogP contribution in [0.5, 0.6) is 0 Å². The molecule has 0 atom stereocenters. The van der Waals surface area contributed by atoms with Crippen LogP contribution in [0.3, 0.4) is 0 Å². The smallest absolute Gasteiger partial charge is 0 e. The number of hydrogen-bond acceptors (Lipinski definition) is 0. The van der Waals surface area contributed by atoms with E-state index in [0.29, 0.717) is 0 Å². The fourth-order valence-electron chi connectivity index (χ4n) is 2.19. The van der Waals surface area contributed by atoms with Crippen LogP contribution in [0.25, 0.3) is 16.5 Å². The van der Waals surface area contributed by atoms with Gasteiger partial charge in [-0.3, -0.25) is 6.08 Å². The van der Waals surface area contributed by atoms with Gasteiger partial charge in [-0.05, 0) is 18.1 Å². The van der Waals surface area contributed by atoms with Gasteiger partial charge >= 0.3 is 0 Å². The number of nitrogens with zero attached hydrogens (tertiary/aromatic N) is 1. The van der Waals surface area contributed by atoms with Crippen molar-refractivity contribution in [2.45, 2.75) is 6.42 Å². The zero-order valence-electron chi connectivity index (χ0n) is 12.0. The van der Waals surface area contributed by atoms with Gasteiger partial charge in [0.2, 0.25) is 0 Å². The molecule has 3 aromatic rings. The van der Waals surface area contributed by atoms with Crippen molar-refractivity contribution in [3.63, 3.8) is 0 Å². The second-order valence-corrected chi connectivity index (χ2v) is 4.40. The van der Waals surface area contributed by atoms with Gasteiger partial charge in [-0.2, -0.15) is 6.08 Å². The van der Waals surface area contributed by atoms with E-state index in [0.717, 1.165) is 6.42 Å². The van der Waals surface area contributed by atoms with Crippen molar-refractivity contribution in [1.82, 2.24) is 4.57 Å². The molecule has 0 unspecified atom stereocenters. The molecule has 4 rings (SSSR count). The Kier molecular flexibility index (Phi) is 10.2. The van der Waals surface area contributed by atoms with Crippen molar-refractivity contribution >= 4 is 35.6 Å². The number of aromatic nitrogens is 1. The Morgan fingerprint density at radius 2 is 1.68 bits per heavy atom. The largest absolute Gasteiger partial charge is 0.403 e. The first-order chi connectivity index (χ1) is 9.45. The minimum atomic E-state index is 0. The second kappa shape index (κ2) is 10.7. The van der Waals surface area contributed by atoms with Crippen molar-refractivity contribution in [2.24, 2.45) is 0 Å². The first-order valence-corrected chi connectivity index (χ1v) is 6.45. The summed E-state index contributed by atoms with van der Waals surface area (Å²) in [5, 5.41) is 2.61. The van der Waals surface area contributed by atoms with Gasteiger partial charge in [0.05, 0.1) is 0 Å². The van der Waals surface area contributed by atoms with Crippen molar-refractivity contribution < 1.29 is 25.8 Å². The Morgan fingerprint density at radius 3 is 2.27 bits per heavy atom. The molecule has 0 bridgehead atoms. The topological polar surface area (TPSA) is 4.93 Å². The average Bonchev–Trinajstić information content (AvgIpc) is 3.21. The summed E-state index contributed by atoms with van der Waals surface area (Å²) in [6.07, 6.45) is 14.1. The number of fused-ring (bicyclic) bond motifs is 1. The molecule has 0 fully saturated rings. The van der Waals surface area contributed by atoms with Crippen LogP contribution >= 0.6 is 24.8 Å². The molecule has 1 nitrogen and oxygen atoms in total. The third-order valence-corrected chi connectivity index (χ3v) is 3.13. The van der Waals surface area contributed by atoms with Crippen LogP contribution in [0, 0.1) is 6.08 Å². The van der Waals surface area contributed by atoms with E-state index in [2.05, 4.69) is 65.5 Å². The van der Waals surface area contributed by atoms with E-state index in [9.17, 15) is 0 Å². The number of hydrogen-bond donors (Lipinski definition) is 0. The number of allylic oxidation sites excluding steroid dienone is 4. The quantitative estimate of drug-likeness (QED) is 0.310. The molecule has 1 aliphatic rings. The van der Waals surface area contributed by atoms with Gasteiger partial charge in [0.15, 0.2) is 0 Å². The zero-order valence-corrected chi connectivity index (χ0v) is 17.2. The van der Waals surface area contributed by atoms with E-state index < -0.39 is 0 Å². The Bertz CT molecular complexity index is 702. The number of rotatable bonds is 1. The Labute approximate surface area is 162 Å². The van der Waals surface area contributed by atoms with Gasteiger partial charge in [0, 0.05) is 25.8 Å². The van der Waals surface area contributed by atoms with E-state index in [4.69, 9.17) is 0 Å². The third-order valence-electron chi connectivity index (χ3n) is 3.13. The molecule has 1 aliphatic carbocycles. The van der Waals surface area contributed by atoms with Gasteiger partial charge in [-0.15, -0.1) is 43.4 Å². The summed E-state index contributed by atoms with van der Waals surface area (Å²) in [5.74, 6) is 0. The predicted molar refractivity (Wildman–Crippen MR) is 94.9 cm³/mol. The van der Waals surface area contributed by atoms with Crippen LogP contribution in [0.4, 0.5) is 0 Å². The average molecular weight is 497 g/mol. The monoisotopic (exact) mass is 497 g/mol. The summed E-state index contributed by atoms with van der Waals surface area (Å²) in [6, 6.07) is 16.9. The van der Waals surface area contributed by atoms with E-state index in [1.807, 2.05) is 24.3 Å². The van der Waals surface area contributed by atoms with Crippen molar-refractivity contribution in [2.75, 3.05) is 0 Å². The van der Waals surface area contributed by atoms with Crippen molar-refractivity contribution in [3.8, 4) is 5.69 Å². The second-order valence-electron chi connectivity index (χ2n) is 4.40. The molecule has 0 N–H and O–H groups in total. The first kappa shape index (κ1) is 21.0. The molecule has 1 aromatic heterocycles. The Balaban J connectivity index is 0.000000482. The Hall–Kier alpha value is -0.960. The standard InChI is InChI=1S/C13H10N.C5H5.2ClH.Hf/c1-2-6-12-11(5-1)7-8-13(12)14-9-3-4-10-14;1-2-4-5-3-1;;;/h1-10H;1-3H,4H2;2*1H;/q2*-1;;;. The Morgan fingerprint density at radius 1 is 0.955 bits per heavy atom. The van der Waals surface area contributed by atoms with Crippen LogP contribution in [0.2, 0.25) is 0 Å². The number of benzene rings is 1. The van der Waals surface area contributed by atoms with Crippen molar-refractivity contribution in [3.05, 3.63) is 85.2 Å². The van der Waals surface area contributed by atoms with E-state index in [-0.39, 0.29) is 50.7 Å². The number of halogens is 2. The van der Waals surface area contributed by atoms with Gasteiger partial charge in [0.25, 0.3) is 0 Å². The maximum Gasteiger partial charge on any atom is 0 e. The molecule has 0 saturated carbocycles. The molecule has 1 heterocycles. The normalized spacial score (nSPS) is 10.9. The van der Waals surface area contributed by atoms with Gasteiger partial charge in [-0.1, -0.05) is 47.2 Å². The van der Waals surface area contributed by atoms with Gasteiger partial charge in [0.1, 0.15) is 0 Å². The van der Waals surface area contributed by atoms with E-state index in [1.165, 1.54) is 16.5 Å².